The van der Waals surface area contributed by atoms with Crippen LogP contribution in [0.2, 0.25) is 0 Å². The maximum atomic E-state index is 13.0. The van der Waals surface area contributed by atoms with Crippen LogP contribution in [0.3, 0.4) is 0 Å². The molecule has 0 aliphatic carbocycles. The quantitative estimate of drug-likeness (QED) is 0.163. The molecule has 7 heteroatoms. The van der Waals surface area contributed by atoms with Crippen LogP contribution in [-0.4, -0.2) is 41.3 Å². The number of nitrogens with zero attached hydrogens (tertiary/aromatic N) is 2. The molecule has 0 fully saturated rings. The molecular formula is C28H28N2O4S. The Hall–Kier alpha value is -3.58. The van der Waals surface area contributed by atoms with Crippen molar-refractivity contribution in [3.8, 4) is 5.75 Å². The summed E-state index contributed by atoms with van der Waals surface area (Å²) in [6, 6.07) is 27.6. The van der Waals surface area contributed by atoms with Gasteiger partial charge in [-0.3, -0.25) is 19.6 Å². The van der Waals surface area contributed by atoms with Gasteiger partial charge in [0.25, 0.3) is 0 Å². The van der Waals surface area contributed by atoms with Gasteiger partial charge in [-0.1, -0.05) is 66.7 Å². The van der Waals surface area contributed by atoms with Gasteiger partial charge in [-0.25, -0.2) is 4.79 Å². The number of hydrogen-bond acceptors (Lipinski definition) is 7. The van der Waals surface area contributed by atoms with Gasteiger partial charge in [0.15, 0.2) is 11.5 Å². The number of benzene rings is 3. The minimum Gasteiger partial charge on any atom is -0.296 e. The lowest BCUT2D eigenvalue weighted by atomic mass is 9.84. The Kier molecular flexibility index (Phi) is 8.57. The Bertz CT molecular complexity index is 1130. The smallest absolute Gasteiger partial charge is 0.296 e. The molecule has 3 aromatic carbocycles. The predicted molar refractivity (Wildman–Crippen MR) is 138 cm³/mol. The van der Waals surface area contributed by atoms with Crippen LogP contribution in [0.15, 0.2) is 94.9 Å². The van der Waals surface area contributed by atoms with E-state index in [-0.39, 0.29) is 11.7 Å². The van der Waals surface area contributed by atoms with E-state index in [0.29, 0.717) is 24.4 Å². The van der Waals surface area contributed by atoms with Crippen molar-refractivity contribution in [2.75, 3.05) is 18.8 Å². The van der Waals surface area contributed by atoms with E-state index in [1.807, 2.05) is 59.6 Å². The summed E-state index contributed by atoms with van der Waals surface area (Å²) in [5.74, 6) is 0.805. The van der Waals surface area contributed by atoms with E-state index >= 15 is 0 Å². The summed E-state index contributed by atoms with van der Waals surface area (Å²) < 4.78 is 0. The van der Waals surface area contributed by atoms with E-state index in [9.17, 15) is 9.59 Å². The lowest BCUT2D eigenvalue weighted by Crippen LogP contribution is -2.36. The minimum absolute atomic E-state index is 0.109. The van der Waals surface area contributed by atoms with Crippen LogP contribution in [0.25, 0.3) is 0 Å². The number of rotatable bonds is 10. The molecule has 35 heavy (non-hydrogen) atoms. The zero-order valence-corrected chi connectivity index (χ0v) is 20.4. The van der Waals surface area contributed by atoms with Gasteiger partial charge in [-0.2, -0.15) is 5.10 Å². The van der Waals surface area contributed by atoms with Crippen molar-refractivity contribution in [1.82, 2.24) is 5.01 Å². The molecule has 1 heterocycles. The van der Waals surface area contributed by atoms with Crippen molar-refractivity contribution in [2.24, 2.45) is 5.10 Å². The highest BCUT2D eigenvalue weighted by Gasteiger charge is 2.29. The van der Waals surface area contributed by atoms with Crippen LogP contribution in [0, 0.1) is 0 Å². The van der Waals surface area contributed by atoms with Crippen LogP contribution in [0.1, 0.15) is 36.8 Å². The zero-order valence-electron chi connectivity index (χ0n) is 19.6. The summed E-state index contributed by atoms with van der Waals surface area (Å²) in [5.41, 5.74) is 2.75. The molecule has 0 saturated heterocycles. The molecule has 0 bridgehead atoms. The minimum atomic E-state index is -0.496. The monoisotopic (exact) mass is 488 g/mol. The molecule has 1 aliphatic rings. The van der Waals surface area contributed by atoms with E-state index in [4.69, 9.17) is 9.99 Å². The molecular weight excluding hydrogens is 460 g/mol. The summed E-state index contributed by atoms with van der Waals surface area (Å²) in [6.45, 7) is 2.70. The second-order valence-electron chi connectivity index (χ2n) is 8.20. The summed E-state index contributed by atoms with van der Waals surface area (Å²) in [6.07, 6.45) is 1.38. The molecule has 180 valence electrons. The average Bonchev–Trinajstić information content (AvgIpc) is 2.89. The second-order valence-corrected chi connectivity index (χ2v) is 9.37. The van der Waals surface area contributed by atoms with E-state index in [1.165, 1.54) is 6.92 Å². The molecule has 3 aromatic rings. The van der Waals surface area contributed by atoms with Crippen LogP contribution in [0.4, 0.5) is 0 Å². The van der Waals surface area contributed by atoms with Crippen molar-refractivity contribution in [3.05, 3.63) is 96.1 Å². The number of ketones is 1. The number of hydrazone groups is 1. The Morgan fingerprint density at radius 3 is 2.34 bits per heavy atom. The maximum Gasteiger partial charge on any atom is 0.352 e. The average molecular weight is 489 g/mol. The normalized spacial score (nSPS) is 13.5. The largest absolute Gasteiger partial charge is 0.352 e. The Morgan fingerprint density at radius 1 is 1.00 bits per heavy atom. The van der Waals surface area contributed by atoms with E-state index in [2.05, 4.69) is 29.2 Å². The van der Waals surface area contributed by atoms with Crippen LogP contribution in [-0.2, 0) is 14.5 Å². The van der Waals surface area contributed by atoms with Gasteiger partial charge in [0.2, 0.25) is 0 Å². The Labute approximate surface area is 209 Å². The van der Waals surface area contributed by atoms with Gasteiger partial charge in [0.05, 0.1) is 5.92 Å². The van der Waals surface area contributed by atoms with Crippen LogP contribution < -0.4 is 4.89 Å². The topological polar surface area (TPSA) is 68.2 Å². The third-order valence-corrected chi connectivity index (χ3v) is 6.64. The SMILES string of the molecule is CC(=O)OOc1cccc(SCCCN2CCC(=O)C(C(c3ccccc3)c3ccccc3)=N2)c1. The van der Waals surface area contributed by atoms with Crippen molar-refractivity contribution in [3.63, 3.8) is 0 Å². The highest BCUT2D eigenvalue weighted by Crippen LogP contribution is 2.29. The summed E-state index contributed by atoms with van der Waals surface area (Å²) in [7, 11) is 0. The van der Waals surface area contributed by atoms with E-state index < -0.39 is 5.97 Å². The lowest BCUT2D eigenvalue weighted by molar-refractivity contribution is -0.210. The molecule has 0 amide bonds. The summed E-state index contributed by atoms with van der Waals surface area (Å²) >= 11 is 1.70. The lowest BCUT2D eigenvalue weighted by Gasteiger charge is -2.28. The fourth-order valence-corrected chi connectivity index (χ4v) is 4.84. The standard InChI is InChI=1S/C28H28N2O4S/c1-21(31)33-34-24-14-8-15-25(20-24)35-19-9-17-30-18-16-26(32)28(29-30)27(22-10-4-2-5-11-22)23-12-6-3-7-13-23/h2-8,10-15,20,27H,9,16-19H2,1H3. The number of Topliss-reactive ketones (excluding diaryl/α,β-unsaturated/α-hetero) is 1. The van der Waals surface area contributed by atoms with Crippen molar-refractivity contribution in [1.29, 1.82) is 0 Å². The number of carbonyl (C=O) groups is 2. The maximum absolute atomic E-state index is 13.0. The first kappa shape index (κ1) is 24.5. The van der Waals surface area contributed by atoms with Gasteiger partial charge >= 0.3 is 5.97 Å². The fourth-order valence-electron chi connectivity index (χ4n) is 3.96. The highest BCUT2D eigenvalue weighted by molar-refractivity contribution is 7.99. The number of thioether (sulfide) groups is 1. The zero-order chi connectivity index (χ0) is 24.5. The molecule has 6 nitrogen and oxygen atoms in total. The molecule has 0 atom stereocenters. The molecule has 4 rings (SSSR count). The molecule has 0 aromatic heterocycles. The molecule has 0 spiro atoms. The Balaban J connectivity index is 1.40. The molecule has 0 N–H and O–H groups in total. The molecule has 0 saturated carbocycles. The van der Waals surface area contributed by atoms with Gasteiger partial charge in [-0.15, -0.1) is 11.8 Å². The molecule has 1 aliphatic heterocycles. The van der Waals surface area contributed by atoms with Crippen LogP contribution >= 0.6 is 11.8 Å². The van der Waals surface area contributed by atoms with E-state index in [0.717, 1.165) is 34.7 Å². The first-order valence-electron chi connectivity index (χ1n) is 11.6. The predicted octanol–water partition coefficient (Wildman–Crippen LogP) is 5.49. The summed E-state index contributed by atoms with van der Waals surface area (Å²) in [5, 5.41) is 6.86. The van der Waals surface area contributed by atoms with Gasteiger partial charge in [0.1, 0.15) is 5.71 Å². The first-order valence-corrected chi connectivity index (χ1v) is 12.6. The van der Waals surface area contributed by atoms with Crippen molar-refractivity contribution >= 4 is 29.2 Å². The Morgan fingerprint density at radius 2 is 1.69 bits per heavy atom. The fraction of sp³-hybridized carbons (Fsp3) is 0.250. The van der Waals surface area contributed by atoms with Gasteiger partial charge in [-0.05, 0) is 41.5 Å². The number of carbonyl (C=O) groups excluding carboxylic acids is 2. The van der Waals surface area contributed by atoms with Gasteiger partial charge in [0, 0.05) is 31.3 Å². The third kappa shape index (κ3) is 6.96. The number of hydrogen-bond donors (Lipinski definition) is 0. The van der Waals surface area contributed by atoms with Crippen molar-refractivity contribution in [2.45, 2.75) is 30.6 Å². The second kappa shape index (κ2) is 12.2. The van der Waals surface area contributed by atoms with Crippen LogP contribution in [0.5, 0.6) is 5.75 Å². The van der Waals surface area contributed by atoms with Gasteiger partial charge < -0.3 is 0 Å². The molecule has 0 unspecified atom stereocenters. The summed E-state index contributed by atoms with van der Waals surface area (Å²) in [4.78, 5) is 34.5. The van der Waals surface area contributed by atoms with E-state index in [1.54, 1.807) is 17.8 Å². The van der Waals surface area contributed by atoms with Crippen molar-refractivity contribution < 1.29 is 19.4 Å². The third-order valence-electron chi connectivity index (χ3n) is 5.56. The highest BCUT2D eigenvalue weighted by atomic mass is 32.2. The molecule has 0 radical (unpaired) electrons. The first-order chi connectivity index (χ1) is 17.1.